The number of benzene rings is 5. The monoisotopic (exact) mass is 804 g/mol. The summed E-state index contributed by atoms with van der Waals surface area (Å²) in [6.07, 6.45) is 10.7. The van der Waals surface area contributed by atoms with Gasteiger partial charge >= 0.3 is 0 Å². The van der Waals surface area contributed by atoms with Gasteiger partial charge in [0.15, 0.2) is 0 Å². The van der Waals surface area contributed by atoms with Crippen molar-refractivity contribution in [2.45, 2.75) is 160 Å². The van der Waals surface area contributed by atoms with Crippen LogP contribution in [-0.4, -0.2) is 0 Å². The Balaban J connectivity index is 1.05. The largest absolute Gasteiger partial charge is 0.310 e. The summed E-state index contributed by atoms with van der Waals surface area (Å²) in [5.74, 6) is 3.38. The number of hydrogen-bond donors (Lipinski definition) is 0. The molecule has 5 aromatic carbocycles. The van der Waals surface area contributed by atoms with Gasteiger partial charge in [0, 0.05) is 22.5 Å². The molecule has 4 fully saturated rings. The Labute approximate surface area is 367 Å². The standard InChI is InChI=1S/C60H69N/c1-54(2,3)39-15-12-37(13-16-39)38-14-20-44-45-21-17-41(32-49(45)60(48(44)30-38)52-29-36-28-40-31-53(60)59(40,52)35-36)61(42-18-22-46-50(33-42)57(8,9)26-24-55(46,4)5)43-19-23-47-51(34-43)58(10,11)27-25-56(47,6)7/h12-23,30,32-34,36,40,52-53H,24-29,31,35H2,1-11H3. The van der Waals surface area contributed by atoms with Gasteiger partial charge in [0.2, 0.25) is 0 Å². The third-order valence-corrected chi connectivity index (χ3v) is 19.2. The molecule has 7 aliphatic carbocycles. The molecule has 1 nitrogen and oxygen atoms in total. The van der Waals surface area contributed by atoms with Crippen molar-refractivity contribution < 1.29 is 0 Å². The van der Waals surface area contributed by atoms with Gasteiger partial charge in [-0.2, -0.15) is 0 Å². The topological polar surface area (TPSA) is 3.24 Å². The van der Waals surface area contributed by atoms with Crippen LogP contribution in [0.3, 0.4) is 0 Å². The normalized spacial score (nSPS) is 30.7. The van der Waals surface area contributed by atoms with Crippen LogP contribution in [0.15, 0.2) is 97.1 Å². The summed E-state index contributed by atoms with van der Waals surface area (Å²) < 4.78 is 0. The molecule has 0 N–H and O–H groups in total. The molecule has 0 aromatic heterocycles. The fourth-order valence-electron chi connectivity index (χ4n) is 15.7. The number of fused-ring (bicyclic) bond motifs is 10. The lowest BCUT2D eigenvalue weighted by Crippen LogP contribution is -2.73. The summed E-state index contributed by atoms with van der Waals surface area (Å²) in [4.78, 5) is 2.67. The van der Waals surface area contributed by atoms with E-state index in [0.717, 1.165) is 23.7 Å². The van der Waals surface area contributed by atoms with Crippen molar-refractivity contribution in [1.82, 2.24) is 0 Å². The minimum Gasteiger partial charge on any atom is -0.310 e. The van der Waals surface area contributed by atoms with E-state index in [1.54, 1.807) is 11.1 Å². The van der Waals surface area contributed by atoms with E-state index in [-0.39, 0.29) is 32.5 Å². The summed E-state index contributed by atoms with van der Waals surface area (Å²) in [6.45, 7) is 26.7. The van der Waals surface area contributed by atoms with Crippen LogP contribution in [0, 0.1) is 29.1 Å². The smallest absolute Gasteiger partial charge is 0.0465 e. The van der Waals surface area contributed by atoms with E-state index >= 15 is 0 Å². The fourth-order valence-corrected chi connectivity index (χ4v) is 15.7. The number of anilines is 3. The summed E-state index contributed by atoms with van der Waals surface area (Å²) in [6, 6.07) is 40.0. The quantitative estimate of drug-likeness (QED) is 0.175. The van der Waals surface area contributed by atoms with Gasteiger partial charge in [-0.1, -0.05) is 131 Å². The zero-order chi connectivity index (χ0) is 42.4. The van der Waals surface area contributed by atoms with E-state index in [1.807, 2.05) is 0 Å². The maximum atomic E-state index is 2.72. The summed E-state index contributed by atoms with van der Waals surface area (Å²) in [5.41, 5.74) is 21.9. The molecule has 2 spiro atoms. The summed E-state index contributed by atoms with van der Waals surface area (Å²) >= 11 is 0. The Bertz CT molecular complexity index is 2600. The molecule has 1 heteroatoms. The molecule has 5 aromatic rings. The molecule has 6 atom stereocenters. The maximum Gasteiger partial charge on any atom is 0.0465 e. The molecule has 0 aliphatic heterocycles. The maximum absolute atomic E-state index is 2.72. The third-order valence-electron chi connectivity index (χ3n) is 19.2. The Morgan fingerprint density at radius 2 is 0.918 bits per heavy atom. The molecule has 12 rings (SSSR count). The van der Waals surface area contributed by atoms with Crippen LogP contribution in [0.4, 0.5) is 17.1 Å². The van der Waals surface area contributed by atoms with E-state index in [1.165, 1.54) is 118 Å². The van der Waals surface area contributed by atoms with Crippen LogP contribution in [0.5, 0.6) is 0 Å². The molecule has 0 amide bonds. The average Bonchev–Trinajstić information content (AvgIpc) is 3.85. The lowest BCUT2D eigenvalue weighted by atomic mass is 9.27. The second-order valence-corrected chi connectivity index (χ2v) is 25.2. The number of rotatable bonds is 4. The van der Waals surface area contributed by atoms with E-state index < -0.39 is 0 Å². The minimum absolute atomic E-state index is 0.100. The molecular weight excluding hydrogens is 735 g/mol. The molecule has 2 bridgehead atoms. The molecule has 0 saturated heterocycles. The van der Waals surface area contributed by atoms with Gasteiger partial charge in [-0.15, -0.1) is 0 Å². The molecule has 61 heavy (non-hydrogen) atoms. The molecule has 0 radical (unpaired) electrons. The highest BCUT2D eigenvalue weighted by Crippen LogP contribution is 2.89. The highest BCUT2D eigenvalue weighted by atomic mass is 15.1. The first-order valence-electron chi connectivity index (χ1n) is 24.3. The SMILES string of the molecule is CC(C)(C)c1ccc(-c2ccc3c(c2)C2(c4cc(N(c5ccc6c(c5)C(C)(C)CCC6(C)C)c5ccc6c(c5)C(C)(C)CCC6(C)C)ccc4-3)C3CC4CC5CC2C53C4)cc1. The summed E-state index contributed by atoms with van der Waals surface area (Å²) in [7, 11) is 0. The first-order valence-corrected chi connectivity index (χ1v) is 24.3. The van der Waals surface area contributed by atoms with E-state index in [2.05, 4.69) is 178 Å². The molecular formula is C60H69N. The minimum atomic E-state index is 0.100. The van der Waals surface area contributed by atoms with Crippen molar-refractivity contribution in [3.05, 3.63) is 136 Å². The lowest BCUT2D eigenvalue weighted by molar-refractivity contribution is -0.231. The molecule has 6 unspecified atom stereocenters. The second-order valence-electron chi connectivity index (χ2n) is 25.2. The number of hydrogen-bond acceptors (Lipinski definition) is 1. The zero-order valence-electron chi connectivity index (χ0n) is 39.2. The van der Waals surface area contributed by atoms with Crippen molar-refractivity contribution in [1.29, 1.82) is 0 Å². The lowest BCUT2D eigenvalue weighted by Gasteiger charge is -2.76. The predicted octanol–water partition coefficient (Wildman–Crippen LogP) is 16.2. The van der Waals surface area contributed by atoms with Crippen molar-refractivity contribution >= 4 is 17.1 Å². The number of nitrogens with zero attached hydrogens (tertiary/aromatic N) is 1. The molecule has 7 aliphatic rings. The second kappa shape index (κ2) is 11.9. The fraction of sp³-hybridized carbons (Fsp3) is 0.500. The zero-order valence-corrected chi connectivity index (χ0v) is 39.2. The first kappa shape index (κ1) is 38.6. The average molecular weight is 804 g/mol. The van der Waals surface area contributed by atoms with Crippen LogP contribution in [0.1, 0.15) is 166 Å². The highest BCUT2D eigenvalue weighted by Gasteiger charge is 2.84. The molecule has 0 heterocycles. The van der Waals surface area contributed by atoms with Gasteiger partial charge in [0.25, 0.3) is 0 Å². The van der Waals surface area contributed by atoms with Crippen LogP contribution in [0.2, 0.25) is 0 Å². The molecule has 314 valence electrons. The van der Waals surface area contributed by atoms with Crippen molar-refractivity contribution in [2.24, 2.45) is 29.1 Å². The van der Waals surface area contributed by atoms with Crippen LogP contribution in [-0.2, 0) is 32.5 Å². The van der Waals surface area contributed by atoms with Crippen molar-refractivity contribution in [3.63, 3.8) is 0 Å². The van der Waals surface area contributed by atoms with Crippen LogP contribution < -0.4 is 4.90 Å². The Hall–Kier alpha value is -4.10. The van der Waals surface area contributed by atoms with Crippen molar-refractivity contribution in [2.75, 3.05) is 4.90 Å². The van der Waals surface area contributed by atoms with Crippen LogP contribution in [0.25, 0.3) is 22.3 Å². The van der Waals surface area contributed by atoms with Crippen molar-refractivity contribution in [3.8, 4) is 22.3 Å². The summed E-state index contributed by atoms with van der Waals surface area (Å²) in [5, 5.41) is 0. The predicted molar refractivity (Wildman–Crippen MR) is 257 cm³/mol. The Morgan fingerprint density at radius 3 is 1.46 bits per heavy atom. The highest BCUT2D eigenvalue weighted by molar-refractivity contribution is 5.89. The van der Waals surface area contributed by atoms with Gasteiger partial charge < -0.3 is 4.90 Å². The van der Waals surface area contributed by atoms with Gasteiger partial charge in [0.05, 0.1) is 0 Å². The van der Waals surface area contributed by atoms with E-state index in [0.29, 0.717) is 5.41 Å². The van der Waals surface area contributed by atoms with E-state index in [4.69, 9.17) is 0 Å². The van der Waals surface area contributed by atoms with Gasteiger partial charge in [0.1, 0.15) is 0 Å². The Kier molecular flexibility index (Phi) is 7.53. The third kappa shape index (κ3) is 4.96. The van der Waals surface area contributed by atoms with Gasteiger partial charge in [-0.25, -0.2) is 0 Å². The van der Waals surface area contributed by atoms with E-state index in [9.17, 15) is 0 Å². The first-order chi connectivity index (χ1) is 28.8. The molecule has 4 saturated carbocycles. The van der Waals surface area contributed by atoms with Gasteiger partial charge in [-0.3, -0.25) is 0 Å². The Morgan fingerprint density at radius 1 is 0.459 bits per heavy atom. The van der Waals surface area contributed by atoms with Gasteiger partial charge in [-0.05, 0) is 211 Å². The van der Waals surface area contributed by atoms with Crippen LogP contribution >= 0.6 is 0 Å².